The first-order chi connectivity index (χ1) is 9.14. The Balaban J connectivity index is 1.88. The van der Waals surface area contributed by atoms with E-state index in [-0.39, 0.29) is 24.0 Å². The molecule has 1 unspecified atom stereocenters. The summed E-state index contributed by atoms with van der Waals surface area (Å²) in [5, 5.41) is 12.5. The number of anilines is 1. The van der Waals surface area contributed by atoms with E-state index in [1.165, 1.54) is 0 Å². The van der Waals surface area contributed by atoms with Crippen LogP contribution >= 0.6 is 0 Å². The molecular weight excluding hydrogens is 240 g/mol. The zero-order valence-electron chi connectivity index (χ0n) is 11.0. The number of amides is 1. The highest BCUT2D eigenvalue weighted by Gasteiger charge is 2.42. The Hall–Kier alpha value is -1.39. The summed E-state index contributed by atoms with van der Waals surface area (Å²) in [6, 6.07) is 5.89. The van der Waals surface area contributed by atoms with Crippen molar-refractivity contribution in [2.24, 2.45) is 11.1 Å². The van der Waals surface area contributed by atoms with Crippen LogP contribution in [0.5, 0.6) is 0 Å². The summed E-state index contributed by atoms with van der Waals surface area (Å²) in [4.78, 5) is 11.3. The van der Waals surface area contributed by atoms with E-state index in [0.29, 0.717) is 6.42 Å². The topological polar surface area (TPSA) is 75.4 Å². The van der Waals surface area contributed by atoms with Crippen LogP contribution in [-0.2, 0) is 11.2 Å². The van der Waals surface area contributed by atoms with Gasteiger partial charge < -0.3 is 16.2 Å². The number of benzene rings is 1. The number of nitrogens with two attached hydrogens (primary N) is 1. The van der Waals surface area contributed by atoms with E-state index in [0.717, 1.165) is 42.5 Å². The van der Waals surface area contributed by atoms with Gasteiger partial charge in [-0.25, -0.2) is 0 Å². The van der Waals surface area contributed by atoms with Gasteiger partial charge in [-0.1, -0.05) is 18.6 Å². The van der Waals surface area contributed by atoms with E-state index in [2.05, 4.69) is 11.4 Å². The fraction of sp³-hybridized carbons (Fsp3) is 0.533. The van der Waals surface area contributed by atoms with E-state index in [4.69, 9.17) is 5.73 Å². The lowest BCUT2D eigenvalue weighted by Crippen LogP contribution is -2.43. The first-order valence-corrected chi connectivity index (χ1v) is 6.94. The number of carbonyl (C=O) groups excluding carboxylic acids is 1. The average Bonchev–Trinajstić information content (AvgIpc) is 2.37. The molecule has 1 aliphatic carbocycles. The van der Waals surface area contributed by atoms with E-state index in [1.54, 1.807) is 0 Å². The molecule has 4 heteroatoms. The smallest absolute Gasteiger partial charge is 0.224 e. The molecule has 19 heavy (non-hydrogen) atoms. The van der Waals surface area contributed by atoms with E-state index in [9.17, 15) is 9.90 Å². The maximum atomic E-state index is 11.3. The summed E-state index contributed by atoms with van der Waals surface area (Å²) in [7, 11) is 0. The molecular formula is C15H20N2O2. The van der Waals surface area contributed by atoms with Crippen LogP contribution in [-0.4, -0.2) is 17.6 Å². The molecule has 1 aromatic carbocycles. The third kappa shape index (κ3) is 2.05. The first kappa shape index (κ1) is 12.6. The first-order valence-electron chi connectivity index (χ1n) is 6.94. The van der Waals surface area contributed by atoms with Gasteiger partial charge in [-0.3, -0.25) is 4.79 Å². The molecule has 0 aromatic heterocycles. The number of aliphatic hydroxyl groups excluding tert-OH is 1. The van der Waals surface area contributed by atoms with Gasteiger partial charge in [-0.2, -0.15) is 0 Å². The number of aryl methyl sites for hydroxylation is 1. The summed E-state index contributed by atoms with van der Waals surface area (Å²) >= 11 is 0. The Morgan fingerprint density at radius 2 is 2.16 bits per heavy atom. The molecule has 102 valence electrons. The van der Waals surface area contributed by atoms with Crippen molar-refractivity contribution < 1.29 is 9.90 Å². The number of fused-ring (bicyclic) bond motifs is 1. The fourth-order valence-corrected chi connectivity index (χ4v) is 3.15. The molecule has 1 aliphatic heterocycles. The molecule has 0 bridgehead atoms. The Morgan fingerprint density at radius 3 is 2.79 bits per heavy atom. The van der Waals surface area contributed by atoms with Gasteiger partial charge in [0.05, 0.1) is 6.61 Å². The van der Waals surface area contributed by atoms with Crippen molar-refractivity contribution in [2.75, 3.05) is 11.9 Å². The van der Waals surface area contributed by atoms with Crippen molar-refractivity contribution in [3.63, 3.8) is 0 Å². The lowest BCUT2D eigenvalue weighted by molar-refractivity contribution is -0.116. The summed E-state index contributed by atoms with van der Waals surface area (Å²) in [5.74, 6) is 0.0790. The minimum atomic E-state index is -0.133. The molecule has 4 N–H and O–H groups in total. The maximum Gasteiger partial charge on any atom is 0.224 e. The maximum absolute atomic E-state index is 11.3. The van der Waals surface area contributed by atoms with Crippen molar-refractivity contribution in [1.82, 2.24) is 0 Å². The van der Waals surface area contributed by atoms with Crippen LogP contribution in [0.3, 0.4) is 0 Å². The van der Waals surface area contributed by atoms with Crippen molar-refractivity contribution in [3.05, 3.63) is 29.3 Å². The van der Waals surface area contributed by atoms with Gasteiger partial charge in [-0.15, -0.1) is 0 Å². The van der Waals surface area contributed by atoms with Crippen LogP contribution in [0.2, 0.25) is 0 Å². The van der Waals surface area contributed by atoms with E-state index < -0.39 is 0 Å². The number of carbonyl (C=O) groups is 1. The largest absolute Gasteiger partial charge is 0.396 e. The van der Waals surface area contributed by atoms with Gasteiger partial charge in [0.1, 0.15) is 0 Å². The van der Waals surface area contributed by atoms with Crippen LogP contribution in [0.1, 0.15) is 42.9 Å². The van der Waals surface area contributed by atoms with Crippen LogP contribution < -0.4 is 11.1 Å². The Bertz CT molecular complexity index is 503. The van der Waals surface area contributed by atoms with Gasteiger partial charge in [0.2, 0.25) is 5.91 Å². The highest BCUT2D eigenvalue weighted by atomic mass is 16.3. The van der Waals surface area contributed by atoms with Crippen LogP contribution in [0.4, 0.5) is 5.69 Å². The zero-order chi connectivity index (χ0) is 13.5. The summed E-state index contributed by atoms with van der Waals surface area (Å²) in [6.07, 6.45) is 4.46. The van der Waals surface area contributed by atoms with Crippen molar-refractivity contribution in [1.29, 1.82) is 0 Å². The number of hydrogen-bond donors (Lipinski definition) is 3. The second-order valence-electron chi connectivity index (χ2n) is 5.82. The molecule has 3 rings (SSSR count). The SMILES string of the molecule is NC(c1ccc2c(c1)CCC(=O)N2)C1(CO)CCC1. The van der Waals surface area contributed by atoms with Crippen molar-refractivity contribution >= 4 is 11.6 Å². The molecule has 1 atom stereocenters. The molecule has 1 heterocycles. The monoisotopic (exact) mass is 260 g/mol. The molecule has 2 aliphatic rings. The molecule has 0 spiro atoms. The Labute approximate surface area is 113 Å². The van der Waals surface area contributed by atoms with Gasteiger partial charge >= 0.3 is 0 Å². The third-order valence-corrected chi connectivity index (χ3v) is 4.71. The molecule has 1 amide bonds. The van der Waals surface area contributed by atoms with E-state index in [1.807, 2.05) is 12.1 Å². The average molecular weight is 260 g/mol. The third-order valence-electron chi connectivity index (χ3n) is 4.71. The zero-order valence-corrected chi connectivity index (χ0v) is 11.0. The minimum absolute atomic E-state index is 0.0790. The molecule has 1 aromatic rings. The number of aliphatic hydroxyl groups is 1. The Morgan fingerprint density at radius 1 is 1.37 bits per heavy atom. The van der Waals surface area contributed by atoms with Gasteiger partial charge in [0.15, 0.2) is 0 Å². The van der Waals surface area contributed by atoms with E-state index >= 15 is 0 Å². The normalized spacial score (nSPS) is 22.1. The highest BCUT2D eigenvalue weighted by molar-refractivity contribution is 5.93. The predicted molar refractivity (Wildman–Crippen MR) is 73.7 cm³/mol. The van der Waals surface area contributed by atoms with Gasteiger partial charge in [0.25, 0.3) is 0 Å². The molecule has 0 saturated heterocycles. The number of nitrogens with one attached hydrogen (secondary N) is 1. The summed E-state index contributed by atoms with van der Waals surface area (Å²) < 4.78 is 0. The summed E-state index contributed by atoms with van der Waals surface area (Å²) in [6.45, 7) is 0.155. The van der Waals surface area contributed by atoms with Gasteiger partial charge in [-0.05, 0) is 36.5 Å². The predicted octanol–water partition coefficient (Wildman–Crippen LogP) is 1.73. The fourth-order valence-electron chi connectivity index (χ4n) is 3.15. The quantitative estimate of drug-likeness (QED) is 0.774. The van der Waals surface area contributed by atoms with Crippen molar-refractivity contribution in [3.8, 4) is 0 Å². The molecule has 1 saturated carbocycles. The number of hydrogen-bond acceptors (Lipinski definition) is 3. The Kier molecular flexibility index (Phi) is 3.07. The summed E-state index contributed by atoms with van der Waals surface area (Å²) in [5.41, 5.74) is 9.35. The molecule has 4 nitrogen and oxygen atoms in total. The highest BCUT2D eigenvalue weighted by Crippen LogP contribution is 2.49. The molecule has 1 fully saturated rings. The van der Waals surface area contributed by atoms with Crippen LogP contribution in [0.15, 0.2) is 18.2 Å². The number of rotatable bonds is 3. The van der Waals surface area contributed by atoms with Crippen LogP contribution in [0.25, 0.3) is 0 Å². The van der Waals surface area contributed by atoms with Crippen LogP contribution in [0, 0.1) is 5.41 Å². The van der Waals surface area contributed by atoms with Crippen molar-refractivity contribution in [2.45, 2.75) is 38.1 Å². The standard InChI is InChI=1S/C15H20N2O2/c16-14(15(9-18)6-1-7-15)11-2-4-12-10(8-11)3-5-13(19)17-12/h2,4,8,14,18H,1,3,5-7,9,16H2,(H,17,19). The second-order valence-corrected chi connectivity index (χ2v) is 5.82. The second kappa shape index (κ2) is 4.62. The minimum Gasteiger partial charge on any atom is -0.396 e. The lowest BCUT2D eigenvalue weighted by Gasteiger charge is -2.45. The van der Waals surface area contributed by atoms with Gasteiger partial charge in [0, 0.05) is 23.6 Å². The lowest BCUT2D eigenvalue weighted by atomic mass is 9.63. The molecule has 0 radical (unpaired) electrons.